The molecule has 11 nitrogen and oxygen atoms in total. The Kier molecular flexibility index (Phi) is 12.5. The number of thioether (sulfide) groups is 1. The van der Waals surface area contributed by atoms with E-state index in [1.807, 2.05) is 49.8 Å². The van der Waals surface area contributed by atoms with Crippen LogP contribution in [-0.4, -0.2) is 58.0 Å². The van der Waals surface area contributed by atoms with Gasteiger partial charge in [-0.1, -0.05) is 30.9 Å². The number of benzene rings is 1. The zero-order chi connectivity index (χ0) is 34.1. The van der Waals surface area contributed by atoms with Gasteiger partial charge < -0.3 is 10.2 Å². The summed E-state index contributed by atoms with van der Waals surface area (Å²) >= 11 is 8.83. The fourth-order valence-corrected chi connectivity index (χ4v) is 7.82. The van der Waals surface area contributed by atoms with Crippen LogP contribution in [-0.2, 0) is 6.42 Å². The molecule has 0 bridgehead atoms. The molecule has 1 aromatic carbocycles. The largest absolute Gasteiger partial charge is 0.375 e. The van der Waals surface area contributed by atoms with Crippen molar-refractivity contribution in [2.45, 2.75) is 49.5 Å². The van der Waals surface area contributed by atoms with Crippen molar-refractivity contribution in [3.8, 4) is 18.3 Å². The average Bonchev–Trinajstić information content (AvgIpc) is 3.73. The summed E-state index contributed by atoms with van der Waals surface area (Å²) in [6.07, 6.45) is 11.5. The van der Waals surface area contributed by atoms with Crippen LogP contribution in [0.2, 0.25) is 5.02 Å². The lowest BCUT2D eigenvalue weighted by Crippen LogP contribution is -2.26. The van der Waals surface area contributed by atoms with E-state index in [4.69, 9.17) is 16.9 Å². The van der Waals surface area contributed by atoms with Crippen molar-refractivity contribution in [2.24, 2.45) is 0 Å². The van der Waals surface area contributed by atoms with Gasteiger partial charge in [-0.15, -0.1) is 23.1 Å². The molecule has 244 valence electrons. The van der Waals surface area contributed by atoms with Crippen molar-refractivity contribution < 1.29 is 0 Å². The third-order valence-electron chi connectivity index (χ3n) is 7.64. The molecule has 1 aliphatic carbocycles. The van der Waals surface area contributed by atoms with Crippen LogP contribution in [0.4, 0.5) is 5.69 Å². The number of fused-ring (bicyclic) bond motifs is 4. The Balaban J connectivity index is 0.000000197. The molecular formula is C33H36ClN9O2S2. The van der Waals surface area contributed by atoms with Gasteiger partial charge >= 0.3 is 0 Å². The number of nitrogens with zero attached hydrogens (tertiary/aromatic N) is 8. The van der Waals surface area contributed by atoms with Crippen molar-refractivity contribution >= 4 is 60.7 Å². The van der Waals surface area contributed by atoms with Gasteiger partial charge in [0.2, 0.25) is 0 Å². The van der Waals surface area contributed by atoms with E-state index in [1.54, 1.807) is 47.3 Å². The predicted octanol–water partition coefficient (Wildman–Crippen LogP) is 5.96. The highest BCUT2D eigenvalue weighted by Crippen LogP contribution is 2.38. The van der Waals surface area contributed by atoms with Crippen LogP contribution >= 0.6 is 34.7 Å². The first kappa shape index (κ1) is 35.6. The Labute approximate surface area is 286 Å². The van der Waals surface area contributed by atoms with Crippen LogP contribution < -0.4 is 21.3 Å². The molecule has 47 heavy (non-hydrogen) atoms. The second-order valence-electron chi connectivity index (χ2n) is 11.0. The number of rotatable bonds is 3. The minimum Gasteiger partial charge on any atom is -0.375 e. The van der Waals surface area contributed by atoms with E-state index in [1.165, 1.54) is 30.6 Å². The fraction of sp³-hybridized carbons (Fsp3) is 0.364. The van der Waals surface area contributed by atoms with E-state index < -0.39 is 0 Å². The summed E-state index contributed by atoms with van der Waals surface area (Å²) in [6, 6.07) is 9.57. The number of pyridine rings is 1. The molecule has 1 fully saturated rings. The highest BCUT2D eigenvalue weighted by atomic mass is 35.5. The molecule has 0 saturated heterocycles. The molecule has 14 heteroatoms. The second-order valence-corrected chi connectivity index (χ2v) is 13.6. The van der Waals surface area contributed by atoms with Gasteiger partial charge in [0, 0.05) is 55.5 Å². The van der Waals surface area contributed by atoms with Gasteiger partial charge in [-0.2, -0.15) is 5.26 Å². The van der Waals surface area contributed by atoms with Gasteiger partial charge in [0.25, 0.3) is 11.1 Å². The Morgan fingerprint density at radius 2 is 1.70 bits per heavy atom. The van der Waals surface area contributed by atoms with Gasteiger partial charge in [0.1, 0.15) is 17.1 Å². The fourth-order valence-electron chi connectivity index (χ4n) is 5.59. The average molecular weight is 690 g/mol. The molecule has 7 rings (SSSR count). The minimum atomic E-state index is 0.0137. The van der Waals surface area contributed by atoms with Gasteiger partial charge in [0.15, 0.2) is 5.69 Å². The maximum Gasteiger partial charge on any atom is 0.271 e. The Morgan fingerprint density at radius 1 is 1.02 bits per heavy atom. The topological polar surface area (TPSA) is 146 Å². The van der Waals surface area contributed by atoms with Crippen LogP contribution in [0, 0.1) is 23.2 Å². The standard InChI is InChI=1S/C18H19N5OS.C12H9ClN2OS.C2H7N.CHN/c1-22(2)16-12(8-19)20-9-13-14(16)15-17(25-13)18(24)23(10-21-15)11-6-4-3-5-7-11;13-8-1-3-9(4-2-8)15-7-14-10-5-6-17-11(10)12(15)16;1-3-2;1-2/h9-11H,3-7H2,1-2H3;1-4,7H,5-6H2;3H,1-2H3;1H. The van der Waals surface area contributed by atoms with Gasteiger partial charge in [-0.05, 0) is 51.2 Å². The number of halogens is 1. The molecule has 1 saturated carbocycles. The van der Waals surface area contributed by atoms with Crippen molar-refractivity contribution in [3.05, 3.63) is 80.2 Å². The lowest BCUT2D eigenvalue weighted by molar-refractivity contribution is 0.345. The summed E-state index contributed by atoms with van der Waals surface area (Å²) in [7, 11) is 7.51. The first-order valence-corrected chi connectivity index (χ1v) is 17.2. The summed E-state index contributed by atoms with van der Waals surface area (Å²) in [5, 5.41) is 20.1. The molecule has 0 unspecified atom stereocenters. The number of nitriles is 2. The van der Waals surface area contributed by atoms with E-state index in [0.717, 1.165) is 57.1 Å². The second kappa shape index (κ2) is 16.5. The lowest BCUT2D eigenvalue weighted by atomic mass is 9.95. The highest BCUT2D eigenvalue weighted by molar-refractivity contribution is 7.99. The maximum atomic E-state index is 13.1. The number of aromatic nitrogens is 5. The Hall–Kier alpha value is -4.27. The SMILES string of the molecule is C#N.CN(C)c1c(C#N)ncc2sc3c(=O)n(C4CCCCC4)cnc3c12.CNC.O=c1c2c(ncn1-c1ccc(Cl)cc1)CCS2. The summed E-state index contributed by atoms with van der Waals surface area (Å²) in [6.45, 7) is 3.50. The normalized spacial score (nSPS) is 13.7. The van der Waals surface area contributed by atoms with Crippen LogP contribution in [0.15, 0.2) is 57.6 Å². The van der Waals surface area contributed by atoms with E-state index in [9.17, 15) is 14.9 Å². The number of anilines is 1. The first-order chi connectivity index (χ1) is 22.8. The number of aryl methyl sites for hydroxylation is 1. The predicted molar refractivity (Wildman–Crippen MR) is 191 cm³/mol. The molecule has 1 aliphatic heterocycles. The van der Waals surface area contributed by atoms with Gasteiger partial charge in [-0.25, -0.2) is 20.2 Å². The van der Waals surface area contributed by atoms with Crippen molar-refractivity contribution in [2.75, 3.05) is 38.8 Å². The maximum absolute atomic E-state index is 13.1. The van der Waals surface area contributed by atoms with Crippen molar-refractivity contribution in [3.63, 3.8) is 0 Å². The molecule has 0 atom stereocenters. The van der Waals surface area contributed by atoms with E-state index >= 15 is 0 Å². The number of nitrogens with one attached hydrogen (secondary N) is 1. The lowest BCUT2D eigenvalue weighted by Gasteiger charge is -2.23. The van der Waals surface area contributed by atoms with Crippen LogP contribution in [0.1, 0.15) is 49.5 Å². The molecule has 0 radical (unpaired) electrons. The zero-order valence-corrected chi connectivity index (χ0v) is 29.1. The molecule has 0 spiro atoms. The molecule has 5 heterocycles. The Morgan fingerprint density at radius 3 is 2.34 bits per heavy atom. The van der Waals surface area contributed by atoms with Crippen molar-refractivity contribution in [1.82, 2.24) is 29.4 Å². The summed E-state index contributed by atoms with van der Waals surface area (Å²) in [5.74, 6) is 0.947. The molecule has 2 aliphatic rings. The molecule has 5 aromatic rings. The summed E-state index contributed by atoms with van der Waals surface area (Å²) in [4.78, 5) is 41.1. The number of thiophene rings is 1. The van der Waals surface area contributed by atoms with Crippen LogP contribution in [0.25, 0.3) is 26.0 Å². The monoisotopic (exact) mass is 689 g/mol. The summed E-state index contributed by atoms with van der Waals surface area (Å²) in [5.41, 5.74) is 3.53. The molecule has 4 aromatic heterocycles. The minimum absolute atomic E-state index is 0.0137. The van der Waals surface area contributed by atoms with Crippen molar-refractivity contribution in [1.29, 1.82) is 10.5 Å². The third-order valence-corrected chi connectivity index (χ3v) is 10.1. The summed E-state index contributed by atoms with van der Waals surface area (Å²) < 4.78 is 4.92. The molecule has 1 N–H and O–H groups in total. The smallest absolute Gasteiger partial charge is 0.271 e. The van der Waals surface area contributed by atoms with E-state index in [-0.39, 0.29) is 17.2 Å². The van der Waals surface area contributed by atoms with E-state index in [0.29, 0.717) is 20.9 Å². The molecule has 0 amide bonds. The third kappa shape index (κ3) is 7.66. The molecular weight excluding hydrogens is 654 g/mol. The highest BCUT2D eigenvalue weighted by Gasteiger charge is 2.23. The Bertz CT molecular complexity index is 2020. The number of hydrogen-bond donors (Lipinski definition) is 1. The van der Waals surface area contributed by atoms with Crippen LogP contribution in [0.5, 0.6) is 0 Å². The first-order valence-electron chi connectivity index (χ1n) is 15.0. The quantitative estimate of drug-likeness (QED) is 0.241. The van der Waals surface area contributed by atoms with Crippen LogP contribution in [0.3, 0.4) is 0 Å². The number of hydrogen-bond acceptors (Lipinski definition) is 11. The van der Waals surface area contributed by atoms with Gasteiger partial charge in [-0.3, -0.25) is 18.7 Å². The van der Waals surface area contributed by atoms with Gasteiger partial charge in [0.05, 0.1) is 38.5 Å². The zero-order valence-electron chi connectivity index (χ0n) is 26.7. The van der Waals surface area contributed by atoms with E-state index in [2.05, 4.69) is 32.9 Å².